The summed E-state index contributed by atoms with van der Waals surface area (Å²) in [7, 11) is 0. The van der Waals surface area contributed by atoms with Crippen LogP contribution in [0.1, 0.15) is 31.9 Å². The number of rotatable bonds is 4. The third-order valence-electron chi connectivity index (χ3n) is 2.57. The first kappa shape index (κ1) is 13.0. The van der Waals surface area contributed by atoms with Gasteiger partial charge in [-0.05, 0) is 43.1 Å². The lowest BCUT2D eigenvalue weighted by Gasteiger charge is -2.16. The lowest BCUT2D eigenvalue weighted by molar-refractivity contribution is 0.977. The SMILES string of the molecule is CCNC(=S)Nc1c(CC)cccc1CC. The Bertz CT molecular complexity index is 339. The molecular weight excluding hydrogens is 216 g/mol. The van der Waals surface area contributed by atoms with E-state index in [-0.39, 0.29) is 0 Å². The van der Waals surface area contributed by atoms with Gasteiger partial charge in [0, 0.05) is 12.2 Å². The molecule has 0 unspecified atom stereocenters. The molecule has 88 valence electrons. The summed E-state index contributed by atoms with van der Waals surface area (Å²) in [5.41, 5.74) is 3.82. The van der Waals surface area contributed by atoms with Crippen LogP contribution in [-0.4, -0.2) is 11.7 Å². The molecule has 16 heavy (non-hydrogen) atoms. The van der Waals surface area contributed by atoms with Crippen LogP contribution in [0.3, 0.4) is 0 Å². The van der Waals surface area contributed by atoms with Gasteiger partial charge in [0.05, 0.1) is 0 Å². The molecule has 0 fully saturated rings. The number of para-hydroxylation sites is 1. The standard InChI is InChI=1S/C13H20N2S/c1-4-10-8-7-9-11(5-2)12(10)15-13(16)14-6-3/h7-9H,4-6H2,1-3H3,(H2,14,15,16). The summed E-state index contributed by atoms with van der Waals surface area (Å²) in [5, 5.41) is 7.13. The monoisotopic (exact) mass is 236 g/mol. The number of aryl methyl sites for hydroxylation is 2. The van der Waals surface area contributed by atoms with Gasteiger partial charge in [0.1, 0.15) is 0 Å². The molecule has 0 aromatic heterocycles. The fourth-order valence-corrected chi connectivity index (χ4v) is 1.97. The summed E-state index contributed by atoms with van der Waals surface area (Å²) in [6, 6.07) is 6.41. The highest BCUT2D eigenvalue weighted by molar-refractivity contribution is 7.80. The molecule has 0 aliphatic carbocycles. The topological polar surface area (TPSA) is 24.1 Å². The third kappa shape index (κ3) is 3.20. The Labute approximate surface area is 103 Å². The first-order chi connectivity index (χ1) is 7.72. The van der Waals surface area contributed by atoms with Crippen molar-refractivity contribution in [3.63, 3.8) is 0 Å². The maximum atomic E-state index is 5.23. The minimum atomic E-state index is 0.707. The molecule has 0 aliphatic rings. The molecule has 0 amide bonds. The lowest BCUT2D eigenvalue weighted by Crippen LogP contribution is -2.28. The molecule has 2 nitrogen and oxygen atoms in total. The minimum absolute atomic E-state index is 0.707. The first-order valence-corrected chi connectivity index (χ1v) is 6.29. The Morgan fingerprint density at radius 2 is 1.69 bits per heavy atom. The fourth-order valence-electron chi connectivity index (χ4n) is 1.72. The van der Waals surface area contributed by atoms with E-state index in [1.807, 2.05) is 6.92 Å². The highest BCUT2D eigenvalue weighted by Crippen LogP contribution is 2.22. The zero-order chi connectivity index (χ0) is 12.0. The van der Waals surface area contributed by atoms with Crippen molar-refractivity contribution in [2.24, 2.45) is 0 Å². The summed E-state index contributed by atoms with van der Waals surface area (Å²) in [4.78, 5) is 0. The van der Waals surface area contributed by atoms with Gasteiger partial charge < -0.3 is 10.6 Å². The van der Waals surface area contributed by atoms with Crippen molar-refractivity contribution in [1.82, 2.24) is 5.32 Å². The molecule has 0 radical (unpaired) electrons. The zero-order valence-electron chi connectivity index (χ0n) is 10.3. The second kappa shape index (κ2) is 6.48. The molecular formula is C13H20N2S. The van der Waals surface area contributed by atoms with Gasteiger partial charge in [-0.15, -0.1) is 0 Å². The maximum absolute atomic E-state index is 5.23. The number of hydrogen-bond donors (Lipinski definition) is 2. The zero-order valence-corrected chi connectivity index (χ0v) is 11.1. The molecule has 1 aromatic carbocycles. The van der Waals surface area contributed by atoms with Crippen LogP contribution in [0.4, 0.5) is 5.69 Å². The van der Waals surface area contributed by atoms with Gasteiger partial charge in [0.2, 0.25) is 0 Å². The summed E-state index contributed by atoms with van der Waals surface area (Å²) >= 11 is 5.23. The van der Waals surface area contributed by atoms with Gasteiger partial charge in [-0.3, -0.25) is 0 Å². The largest absolute Gasteiger partial charge is 0.363 e. The van der Waals surface area contributed by atoms with Gasteiger partial charge in [-0.25, -0.2) is 0 Å². The van der Waals surface area contributed by atoms with E-state index in [2.05, 4.69) is 42.7 Å². The number of hydrogen-bond acceptors (Lipinski definition) is 1. The molecule has 0 atom stereocenters. The van der Waals surface area contributed by atoms with Crippen molar-refractivity contribution >= 4 is 23.0 Å². The second-order valence-electron chi connectivity index (χ2n) is 3.64. The average Bonchev–Trinajstić information content (AvgIpc) is 2.29. The normalized spacial score (nSPS) is 9.94. The summed E-state index contributed by atoms with van der Waals surface area (Å²) in [5.74, 6) is 0. The van der Waals surface area contributed by atoms with Gasteiger partial charge in [0.15, 0.2) is 5.11 Å². The highest BCUT2D eigenvalue weighted by Gasteiger charge is 2.06. The summed E-state index contributed by atoms with van der Waals surface area (Å²) in [6.45, 7) is 7.22. The smallest absolute Gasteiger partial charge is 0.170 e. The fraction of sp³-hybridized carbons (Fsp3) is 0.462. The van der Waals surface area contributed by atoms with Gasteiger partial charge in [-0.1, -0.05) is 32.0 Å². The number of benzene rings is 1. The maximum Gasteiger partial charge on any atom is 0.170 e. The van der Waals surface area contributed by atoms with Crippen molar-refractivity contribution in [1.29, 1.82) is 0 Å². The number of anilines is 1. The lowest BCUT2D eigenvalue weighted by atomic mass is 10.0. The average molecular weight is 236 g/mol. The van der Waals surface area contributed by atoms with Crippen molar-refractivity contribution in [2.45, 2.75) is 33.6 Å². The number of nitrogens with one attached hydrogen (secondary N) is 2. The first-order valence-electron chi connectivity index (χ1n) is 5.88. The Hall–Kier alpha value is -1.09. The van der Waals surface area contributed by atoms with Crippen LogP contribution in [0.25, 0.3) is 0 Å². The second-order valence-corrected chi connectivity index (χ2v) is 4.05. The van der Waals surface area contributed by atoms with E-state index >= 15 is 0 Å². The van der Waals surface area contributed by atoms with Crippen LogP contribution >= 0.6 is 12.2 Å². The summed E-state index contributed by atoms with van der Waals surface area (Å²) < 4.78 is 0. The van der Waals surface area contributed by atoms with E-state index < -0.39 is 0 Å². The van der Waals surface area contributed by atoms with Crippen LogP contribution in [-0.2, 0) is 12.8 Å². The predicted molar refractivity (Wildman–Crippen MR) is 75.1 cm³/mol. The van der Waals surface area contributed by atoms with E-state index in [4.69, 9.17) is 12.2 Å². The van der Waals surface area contributed by atoms with E-state index in [1.54, 1.807) is 0 Å². The molecule has 0 saturated carbocycles. The predicted octanol–water partition coefficient (Wildman–Crippen LogP) is 3.12. The van der Waals surface area contributed by atoms with E-state index in [9.17, 15) is 0 Å². The van der Waals surface area contributed by atoms with Gasteiger partial charge >= 0.3 is 0 Å². The van der Waals surface area contributed by atoms with Gasteiger partial charge in [-0.2, -0.15) is 0 Å². The molecule has 0 bridgehead atoms. The Morgan fingerprint density at radius 3 is 2.12 bits per heavy atom. The Kier molecular flexibility index (Phi) is 5.26. The molecule has 3 heteroatoms. The van der Waals surface area contributed by atoms with Crippen LogP contribution in [0.15, 0.2) is 18.2 Å². The third-order valence-corrected chi connectivity index (χ3v) is 2.82. The molecule has 2 N–H and O–H groups in total. The molecule has 0 spiro atoms. The quantitative estimate of drug-likeness (QED) is 0.785. The van der Waals surface area contributed by atoms with Crippen molar-refractivity contribution in [3.05, 3.63) is 29.3 Å². The van der Waals surface area contributed by atoms with Crippen LogP contribution in [0.2, 0.25) is 0 Å². The van der Waals surface area contributed by atoms with Crippen LogP contribution < -0.4 is 10.6 Å². The molecule has 0 aliphatic heterocycles. The van der Waals surface area contributed by atoms with Gasteiger partial charge in [0.25, 0.3) is 0 Å². The van der Waals surface area contributed by atoms with E-state index in [0.717, 1.165) is 19.4 Å². The van der Waals surface area contributed by atoms with Crippen molar-refractivity contribution < 1.29 is 0 Å². The van der Waals surface area contributed by atoms with E-state index in [1.165, 1.54) is 16.8 Å². The molecule has 1 aromatic rings. The highest BCUT2D eigenvalue weighted by atomic mass is 32.1. The van der Waals surface area contributed by atoms with Crippen molar-refractivity contribution in [3.8, 4) is 0 Å². The molecule has 0 saturated heterocycles. The molecule has 1 rings (SSSR count). The van der Waals surface area contributed by atoms with E-state index in [0.29, 0.717) is 5.11 Å². The summed E-state index contributed by atoms with van der Waals surface area (Å²) in [6.07, 6.45) is 2.04. The van der Waals surface area contributed by atoms with Crippen LogP contribution in [0.5, 0.6) is 0 Å². The van der Waals surface area contributed by atoms with Crippen molar-refractivity contribution in [2.75, 3.05) is 11.9 Å². The Morgan fingerprint density at radius 1 is 1.12 bits per heavy atom. The minimum Gasteiger partial charge on any atom is -0.363 e. The number of thiocarbonyl (C=S) groups is 1. The van der Waals surface area contributed by atoms with Crippen LogP contribution in [0, 0.1) is 0 Å². The Balaban J connectivity index is 2.95. The molecule has 0 heterocycles.